The first-order valence-corrected chi connectivity index (χ1v) is 1.89. The van der Waals surface area contributed by atoms with Gasteiger partial charge >= 0.3 is 0 Å². The zero-order chi connectivity index (χ0) is 5.70. The van der Waals surface area contributed by atoms with E-state index in [2.05, 4.69) is 4.99 Å². The van der Waals surface area contributed by atoms with Crippen molar-refractivity contribution >= 4 is 18.3 Å². The zero-order valence-electron chi connectivity index (χ0n) is 4.10. The van der Waals surface area contributed by atoms with Gasteiger partial charge in [0.25, 0.3) is 0 Å². The summed E-state index contributed by atoms with van der Waals surface area (Å²) in [5.74, 6) is -0.0116. The van der Waals surface area contributed by atoms with E-state index in [4.69, 9.17) is 10.8 Å². The SMILES string of the molecule is C/C=N\C(=N)C=N. The molecule has 0 aromatic rings. The Bertz CT molecular complexity index is 104. The summed E-state index contributed by atoms with van der Waals surface area (Å²) in [6.45, 7) is 1.71. The second kappa shape index (κ2) is 3.21. The van der Waals surface area contributed by atoms with Gasteiger partial charge in [0.2, 0.25) is 0 Å². The van der Waals surface area contributed by atoms with E-state index in [1.54, 1.807) is 6.92 Å². The molecule has 0 aromatic heterocycles. The quantitative estimate of drug-likeness (QED) is 0.357. The van der Waals surface area contributed by atoms with Gasteiger partial charge in [0.1, 0.15) is 0 Å². The summed E-state index contributed by atoms with van der Waals surface area (Å²) in [6, 6.07) is 0. The van der Waals surface area contributed by atoms with Gasteiger partial charge in [0.15, 0.2) is 5.84 Å². The molecule has 0 aliphatic heterocycles. The molecule has 0 atom stereocenters. The molecule has 0 bridgehead atoms. The van der Waals surface area contributed by atoms with E-state index < -0.39 is 0 Å². The standard InChI is InChI=1S/C4H7N3/c1-2-7-4(6)3-5/h2-3,5-6H,1H3/b5-3?,6-4?,7-2-. The topological polar surface area (TPSA) is 60.1 Å². The number of nitrogens with one attached hydrogen (secondary N) is 2. The summed E-state index contributed by atoms with van der Waals surface area (Å²) in [5, 5.41) is 13.1. The molecule has 0 radical (unpaired) electrons. The smallest absolute Gasteiger partial charge is 0.161 e. The lowest BCUT2D eigenvalue weighted by atomic mass is 10.6. The number of rotatable bonds is 1. The monoisotopic (exact) mass is 97.1 g/mol. The molecule has 0 saturated carbocycles. The van der Waals surface area contributed by atoms with E-state index in [0.29, 0.717) is 0 Å². The van der Waals surface area contributed by atoms with Crippen molar-refractivity contribution in [1.29, 1.82) is 10.8 Å². The zero-order valence-corrected chi connectivity index (χ0v) is 4.10. The molecule has 0 amide bonds. The van der Waals surface area contributed by atoms with Crippen LogP contribution >= 0.6 is 0 Å². The number of hydrogen-bond donors (Lipinski definition) is 2. The number of amidine groups is 1. The molecule has 38 valence electrons. The maximum absolute atomic E-state index is 6.70. The van der Waals surface area contributed by atoms with Crippen LogP contribution in [-0.4, -0.2) is 18.3 Å². The van der Waals surface area contributed by atoms with Crippen LogP contribution in [0.4, 0.5) is 0 Å². The maximum Gasteiger partial charge on any atom is 0.161 e. The predicted molar refractivity (Wildman–Crippen MR) is 30.7 cm³/mol. The number of hydrogen-bond acceptors (Lipinski definition) is 2. The summed E-state index contributed by atoms with van der Waals surface area (Å²) in [6.07, 6.45) is 2.37. The Kier molecular flexibility index (Phi) is 2.76. The highest BCUT2D eigenvalue weighted by atomic mass is 14.8. The molecule has 7 heavy (non-hydrogen) atoms. The molecule has 0 fully saturated rings. The van der Waals surface area contributed by atoms with Crippen molar-refractivity contribution in [3.8, 4) is 0 Å². The molecular weight excluding hydrogens is 90.1 g/mol. The highest BCUT2D eigenvalue weighted by Gasteiger charge is 1.75. The second-order valence-corrected chi connectivity index (χ2v) is 0.917. The Labute approximate surface area is 42.1 Å². The molecule has 0 rings (SSSR count). The first-order chi connectivity index (χ1) is 3.31. The fraction of sp³-hybridized carbons (Fsp3) is 0.250. The summed E-state index contributed by atoms with van der Waals surface area (Å²) in [4.78, 5) is 3.46. The van der Waals surface area contributed by atoms with E-state index in [1.165, 1.54) is 6.21 Å². The first-order valence-electron chi connectivity index (χ1n) is 1.89. The van der Waals surface area contributed by atoms with Crippen LogP contribution in [0.3, 0.4) is 0 Å². The summed E-state index contributed by atoms with van der Waals surface area (Å²) in [5.41, 5.74) is 0. The van der Waals surface area contributed by atoms with Crippen molar-refractivity contribution in [3.05, 3.63) is 0 Å². The van der Waals surface area contributed by atoms with Gasteiger partial charge in [-0.2, -0.15) is 0 Å². The molecule has 0 aliphatic carbocycles. The van der Waals surface area contributed by atoms with Crippen LogP contribution in [0.25, 0.3) is 0 Å². The van der Waals surface area contributed by atoms with Gasteiger partial charge in [0, 0.05) is 6.21 Å². The lowest BCUT2D eigenvalue weighted by Crippen LogP contribution is -1.89. The van der Waals surface area contributed by atoms with E-state index in [-0.39, 0.29) is 5.84 Å². The average molecular weight is 97.1 g/mol. The molecule has 3 heteroatoms. The second-order valence-electron chi connectivity index (χ2n) is 0.917. The first kappa shape index (κ1) is 6.01. The third-order valence-corrected chi connectivity index (χ3v) is 0.405. The van der Waals surface area contributed by atoms with Gasteiger partial charge in [-0.05, 0) is 6.92 Å². The van der Waals surface area contributed by atoms with Crippen LogP contribution in [0.1, 0.15) is 6.92 Å². The maximum atomic E-state index is 6.70. The Morgan fingerprint density at radius 2 is 2.29 bits per heavy atom. The van der Waals surface area contributed by atoms with Crippen molar-refractivity contribution < 1.29 is 0 Å². The minimum Gasteiger partial charge on any atom is -0.305 e. The Hall–Kier alpha value is -0.990. The molecule has 0 unspecified atom stereocenters. The van der Waals surface area contributed by atoms with Gasteiger partial charge in [-0.25, -0.2) is 4.99 Å². The molecule has 0 aliphatic rings. The third kappa shape index (κ3) is 2.82. The molecule has 0 spiro atoms. The molecular formula is C4H7N3. The molecule has 0 saturated heterocycles. The van der Waals surface area contributed by atoms with Gasteiger partial charge in [-0.15, -0.1) is 0 Å². The largest absolute Gasteiger partial charge is 0.305 e. The van der Waals surface area contributed by atoms with Crippen molar-refractivity contribution in [3.63, 3.8) is 0 Å². The van der Waals surface area contributed by atoms with Crippen LogP contribution in [-0.2, 0) is 0 Å². The van der Waals surface area contributed by atoms with Gasteiger partial charge in [-0.3, -0.25) is 5.41 Å². The van der Waals surface area contributed by atoms with Crippen LogP contribution in [0.5, 0.6) is 0 Å². The average Bonchev–Trinajstić information content (AvgIpc) is 1.68. The van der Waals surface area contributed by atoms with Crippen molar-refractivity contribution in [2.24, 2.45) is 4.99 Å². The predicted octanol–water partition coefficient (Wildman–Crippen LogP) is 0.704. The number of aliphatic imine (C=N–C) groups is 1. The fourth-order valence-corrected chi connectivity index (χ4v) is 0.176. The Balaban J connectivity index is 3.58. The Morgan fingerprint density at radius 3 is 2.43 bits per heavy atom. The van der Waals surface area contributed by atoms with Crippen molar-refractivity contribution in [2.45, 2.75) is 6.92 Å². The van der Waals surface area contributed by atoms with E-state index in [9.17, 15) is 0 Å². The highest BCUT2D eigenvalue weighted by Crippen LogP contribution is 1.63. The number of nitrogens with zero attached hydrogens (tertiary/aromatic N) is 1. The molecule has 3 nitrogen and oxygen atoms in total. The summed E-state index contributed by atoms with van der Waals surface area (Å²) < 4.78 is 0. The van der Waals surface area contributed by atoms with Crippen LogP contribution in [0.15, 0.2) is 4.99 Å². The minimum atomic E-state index is -0.0116. The van der Waals surface area contributed by atoms with Gasteiger partial charge < -0.3 is 5.41 Å². The fourth-order valence-electron chi connectivity index (χ4n) is 0.176. The highest BCUT2D eigenvalue weighted by molar-refractivity contribution is 6.28. The Morgan fingerprint density at radius 1 is 1.71 bits per heavy atom. The van der Waals surface area contributed by atoms with Gasteiger partial charge in [0.05, 0.1) is 6.21 Å². The third-order valence-electron chi connectivity index (χ3n) is 0.405. The normalized spacial score (nSPS) is 9.29. The van der Waals surface area contributed by atoms with E-state index in [1.807, 2.05) is 0 Å². The van der Waals surface area contributed by atoms with Crippen LogP contribution < -0.4 is 0 Å². The molecule has 2 N–H and O–H groups in total. The molecule has 0 heterocycles. The molecule has 0 aromatic carbocycles. The van der Waals surface area contributed by atoms with Crippen LogP contribution in [0.2, 0.25) is 0 Å². The van der Waals surface area contributed by atoms with E-state index in [0.717, 1.165) is 6.21 Å². The van der Waals surface area contributed by atoms with Crippen molar-refractivity contribution in [1.82, 2.24) is 0 Å². The lowest BCUT2D eigenvalue weighted by Gasteiger charge is -1.76. The summed E-state index contributed by atoms with van der Waals surface area (Å²) >= 11 is 0. The van der Waals surface area contributed by atoms with Gasteiger partial charge in [-0.1, -0.05) is 0 Å². The minimum absolute atomic E-state index is 0.0116. The summed E-state index contributed by atoms with van der Waals surface area (Å²) in [7, 11) is 0. The van der Waals surface area contributed by atoms with Crippen molar-refractivity contribution in [2.75, 3.05) is 0 Å². The van der Waals surface area contributed by atoms with Crippen LogP contribution in [0, 0.1) is 10.8 Å². The van der Waals surface area contributed by atoms with E-state index >= 15 is 0 Å². The lowest BCUT2D eigenvalue weighted by molar-refractivity contribution is 1.46.